The van der Waals surface area contributed by atoms with Crippen LogP contribution >= 0.6 is 11.3 Å². The number of H-pyrrole nitrogens is 1. The molecule has 2 heterocycles. The average molecular weight is 207 g/mol. The van der Waals surface area contributed by atoms with E-state index in [-0.39, 0.29) is 0 Å². The van der Waals surface area contributed by atoms with E-state index in [1.165, 1.54) is 4.88 Å². The van der Waals surface area contributed by atoms with Crippen LogP contribution in [0, 0.1) is 0 Å². The highest BCUT2D eigenvalue weighted by molar-refractivity contribution is 7.13. The van der Waals surface area contributed by atoms with Gasteiger partial charge in [0.2, 0.25) is 0 Å². The third kappa shape index (κ3) is 2.02. The Morgan fingerprint density at radius 2 is 2.43 bits per heavy atom. The van der Waals surface area contributed by atoms with Gasteiger partial charge in [0.15, 0.2) is 0 Å². The van der Waals surface area contributed by atoms with Gasteiger partial charge in [-0.1, -0.05) is 6.07 Å². The second-order valence-corrected chi connectivity index (χ2v) is 4.06. The number of hydrogen-bond donors (Lipinski definition) is 2. The lowest BCUT2D eigenvalue weighted by Crippen LogP contribution is -2.01. The monoisotopic (exact) mass is 207 g/mol. The van der Waals surface area contributed by atoms with E-state index < -0.39 is 0 Å². The SMILES string of the molecule is NCCCc1ncc(-c2cccs2)[nH]1. The minimum absolute atomic E-state index is 0.717. The molecule has 0 aliphatic rings. The van der Waals surface area contributed by atoms with Gasteiger partial charge >= 0.3 is 0 Å². The van der Waals surface area contributed by atoms with Gasteiger partial charge in [-0.05, 0) is 24.4 Å². The van der Waals surface area contributed by atoms with Crippen molar-refractivity contribution in [1.82, 2.24) is 9.97 Å². The standard InChI is InChI=1S/C10H13N3S/c11-5-1-4-10-12-7-8(13-10)9-3-2-6-14-9/h2-3,6-7H,1,4-5,11H2,(H,12,13). The molecule has 0 atom stereocenters. The number of nitrogens with one attached hydrogen (secondary N) is 1. The molecule has 0 aliphatic carbocycles. The first-order valence-electron chi connectivity index (χ1n) is 4.68. The zero-order valence-electron chi connectivity index (χ0n) is 7.86. The molecule has 2 aromatic heterocycles. The third-order valence-corrected chi connectivity index (χ3v) is 2.94. The van der Waals surface area contributed by atoms with Gasteiger partial charge in [-0.3, -0.25) is 0 Å². The van der Waals surface area contributed by atoms with Crippen LogP contribution in [0.4, 0.5) is 0 Å². The zero-order chi connectivity index (χ0) is 9.80. The second kappa shape index (κ2) is 4.39. The third-order valence-electron chi connectivity index (χ3n) is 2.03. The maximum atomic E-state index is 5.44. The normalized spacial score (nSPS) is 10.6. The number of hydrogen-bond acceptors (Lipinski definition) is 3. The van der Waals surface area contributed by atoms with Crippen LogP contribution in [0.25, 0.3) is 10.6 Å². The molecule has 0 bridgehead atoms. The maximum absolute atomic E-state index is 5.44. The lowest BCUT2D eigenvalue weighted by molar-refractivity contribution is 0.794. The molecule has 0 spiro atoms. The molecule has 3 nitrogen and oxygen atoms in total. The Labute approximate surface area is 87.0 Å². The molecular weight excluding hydrogens is 194 g/mol. The van der Waals surface area contributed by atoms with E-state index >= 15 is 0 Å². The van der Waals surface area contributed by atoms with Crippen molar-refractivity contribution < 1.29 is 0 Å². The summed E-state index contributed by atoms with van der Waals surface area (Å²) in [6.07, 6.45) is 3.80. The summed E-state index contributed by atoms with van der Waals surface area (Å²) in [4.78, 5) is 8.83. The summed E-state index contributed by atoms with van der Waals surface area (Å²) in [6, 6.07) is 4.13. The smallest absolute Gasteiger partial charge is 0.106 e. The second-order valence-electron chi connectivity index (χ2n) is 3.11. The van der Waals surface area contributed by atoms with Gasteiger partial charge in [0.1, 0.15) is 5.82 Å². The average Bonchev–Trinajstić information content (AvgIpc) is 2.85. The van der Waals surface area contributed by atoms with Crippen LogP contribution in [0.15, 0.2) is 23.7 Å². The van der Waals surface area contributed by atoms with Crippen molar-refractivity contribution in [3.8, 4) is 10.6 Å². The van der Waals surface area contributed by atoms with Gasteiger partial charge in [0, 0.05) is 6.42 Å². The summed E-state index contributed by atoms with van der Waals surface area (Å²) in [6.45, 7) is 0.717. The van der Waals surface area contributed by atoms with Crippen molar-refractivity contribution in [2.24, 2.45) is 5.73 Å². The highest BCUT2D eigenvalue weighted by Gasteiger charge is 2.02. The molecule has 0 aromatic carbocycles. The lowest BCUT2D eigenvalue weighted by atomic mass is 10.3. The number of aromatic amines is 1. The zero-order valence-corrected chi connectivity index (χ0v) is 8.68. The molecular formula is C10H13N3S. The topological polar surface area (TPSA) is 54.7 Å². The van der Waals surface area contributed by atoms with Crippen LogP contribution in [-0.2, 0) is 6.42 Å². The molecule has 0 aliphatic heterocycles. The van der Waals surface area contributed by atoms with Crippen molar-refractivity contribution in [1.29, 1.82) is 0 Å². The van der Waals surface area contributed by atoms with E-state index in [9.17, 15) is 0 Å². The van der Waals surface area contributed by atoms with Gasteiger partial charge in [0.25, 0.3) is 0 Å². The fourth-order valence-corrected chi connectivity index (χ4v) is 2.01. The highest BCUT2D eigenvalue weighted by atomic mass is 32.1. The Balaban J connectivity index is 2.10. The van der Waals surface area contributed by atoms with Crippen molar-refractivity contribution in [3.63, 3.8) is 0 Å². The Kier molecular flexibility index (Phi) is 2.96. The summed E-state index contributed by atoms with van der Waals surface area (Å²) in [7, 11) is 0. The van der Waals surface area contributed by atoms with Crippen LogP contribution in [0.1, 0.15) is 12.2 Å². The molecule has 74 valence electrons. The predicted octanol–water partition coefficient (Wildman–Crippen LogP) is 2.03. The van der Waals surface area contributed by atoms with E-state index in [4.69, 9.17) is 5.73 Å². The number of thiophene rings is 1. The minimum atomic E-state index is 0.717. The van der Waals surface area contributed by atoms with Crippen molar-refractivity contribution >= 4 is 11.3 Å². The summed E-state index contributed by atoms with van der Waals surface area (Å²) in [5.41, 5.74) is 6.54. The van der Waals surface area contributed by atoms with Gasteiger partial charge in [-0.2, -0.15) is 0 Å². The maximum Gasteiger partial charge on any atom is 0.106 e. The van der Waals surface area contributed by atoms with Crippen LogP contribution in [0.2, 0.25) is 0 Å². The number of imidazole rings is 1. The fourth-order valence-electron chi connectivity index (χ4n) is 1.32. The van der Waals surface area contributed by atoms with Gasteiger partial charge < -0.3 is 10.7 Å². The number of rotatable bonds is 4. The Hall–Kier alpha value is -1.13. The van der Waals surface area contributed by atoms with Crippen LogP contribution < -0.4 is 5.73 Å². The fraction of sp³-hybridized carbons (Fsp3) is 0.300. The number of nitrogens with zero attached hydrogens (tertiary/aromatic N) is 1. The van der Waals surface area contributed by atoms with Crippen LogP contribution in [0.3, 0.4) is 0 Å². The summed E-state index contributed by atoms with van der Waals surface area (Å²) < 4.78 is 0. The molecule has 0 unspecified atom stereocenters. The van der Waals surface area contributed by atoms with Crippen molar-refractivity contribution in [3.05, 3.63) is 29.5 Å². The largest absolute Gasteiger partial charge is 0.341 e. The molecule has 2 rings (SSSR count). The number of aromatic nitrogens is 2. The molecule has 0 saturated heterocycles. The Bertz CT molecular complexity index is 378. The molecule has 0 fully saturated rings. The Morgan fingerprint density at radius 1 is 1.50 bits per heavy atom. The van der Waals surface area contributed by atoms with E-state index in [0.717, 1.165) is 30.9 Å². The summed E-state index contributed by atoms with van der Waals surface area (Å²) in [5.74, 6) is 1.03. The molecule has 14 heavy (non-hydrogen) atoms. The first kappa shape index (κ1) is 9.43. The van der Waals surface area contributed by atoms with Crippen LogP contribution in [0.5, 0.6) is 0 Å². The molecule has 4 heteroatoms. The molecule has 0 amide bonds. The Morgan fingerprint density at radius 3 is 3.14 bits per heavy atom. The first-order valence-corrected chi connectivity index (χ1v) is 5.56. The first-order chi connectivity index (χ1) is 6.90. The molecule has 0 saturated carbocycles. The van der Waals surface area contributed by atoms with Crippen LogP contribution in [-0.4, -0.2) is 16.5 Å². The van der Waals surface area contributed by atoms with E-state index in [2.05, 4.69) is 21.4 Å². The summed E-state index contributed by atoms with van der Waals surface area (Å²) in [5, 5.41) is 2.07. The van der Waals surface area contributed by atoms with E-state index in [1.54, 1.807) is 11.3 Å². The van der Waals surface area contributed by atoms with E-state index in [0.29, 0.717) is 0 Å². The van der Waals surface area contributed by atoms with E-state index in [1.807, 2.05) is 12.3 Å². The van der Waals surface area contributed by atoms with Gasteiger partial charge in [-0.25, -0.2) is 4.98 Å². The molecule has 3 N–H and O–H groups in total. The van der Waals surface area contributed by atoms with Gasteiger partial charge in [-0.15, -0.1) is 11.3 Å². The number of aryl methyl sites for hydroxylation is 1. The highest BCUT2D eigenvalue weighted by Crippen LogP contribution is 2.22. The molecule has 2 aromatic rings. The quantitative estimate of drug-likeness (QED) is 0.806. The van der Waals surface area contributed by atoms with Crippen molar-refractivity contribution in [2.45, 2.75) is 12.8 Å². The van der Waals surface area contributed by atoms with Gasteiger partial charge in [0.05, 0.1) is 16.8 Å². The van der Waals surface area contributed by atoms with Crippen molar-refractivity contribution in [2.75, 3.05) is 6.54 Å². The molecule has 0 radical (unpaired) electrons. The minimum Gasteiger partial charge on any atom is -0.341 e. The summed E-state index contributed by atoms with van der Waals surface area (Å²) >= 11 is 1.72. The number of nitrogens with two attached hydrogens (primary N) is 1. The predicted molar refractivity (Wildman–Crippen MR) is 59.3 cm³/mol. The lowest BCUT2D eigenvalue weighted by Gasteiger charge is -1.93.